The number of anilines is 3. The zero-order valence-electron chi connectivity index (χ0n) is 24.0. The third kappa shape index (κ3) is 6.16. The van der Waals surface area contributed by atoms with E-state index in [-0.39, 0.29) is 11.8 Å². The van der Waals surface area contributed by atoms with Crippen molar-refractivity contribution >= 4 is 39.8 Å². The Bertz CT molecular complexity index is 1650. The number of hydrogen-bond donors (Lipinski definition) is 3. The number of nitrogens with one attached hydrogen (secondary N) is 3. The van der Waals surface area contributed by atoms with Crippen molar-refractivity contribution < 1.29 is 19.1 Å². The number of aromatic nitrogens is 1. The summed E-state index contributed by atoms with van der Waals surface area (Å²) in [5, 5.41) is 10.4. The minimum Gasteiger partial charge on any atom is -0.486 e. The highest BCUT2D eigenvalue weighted by molar-refractivity contribution is 6.09. The van der Waals surface area contributed by atoms with E-state index in [0.717, 1.165) is 54.0 Å². The number of ether oxygens (including phenoxy) is 2. The topological polar surface area (TPSA) is 105 Å². The van der Waals surface area contributed by atoms with Gasteiger partial charge in [-0.1, -0.05) is 6.07 Å². The van der Waals surface area contributed by atoms with Crippen LogP contribution in [0.15, 0.2) is 60.7 Å². The van der Waals surface area contributed by atoms with Crippen LogP contribution in [0, 0.1) is 13.8 Å². The van der Waals surface area contributed by atoms with E-state index in [4.69, 9.17) is 9.47 Å². The Balaban J connectivity index is 1.16. The van der Waals surface area contributed by atoms with Gasteiger partial charge in [0.05, 0.1) is 5.52 Å². The summed E-state index contributed by atoms with van der Waals surface area (Å²) in [5.41, 5.74) is 5.79. The van der Waals surface area contributed by atoms with Crippen LogP contribution in [0.25, 0.3) is 10.9 Å². The second-order valence-electron chi connectivity index (χ2n) is 10.8. The van der Waals surface area contributed by atoms with Crippen molar-refractivity contribution in [1.82, 2.24) is 9.88 Å². The van der Waals surface area contributed by atoms with Gasteiger partial charge in [-0.15, -0.1) is 0 Å². The zero-order valence-corrected chi connectivity index (χ0v) is 24.0. The lowest BCUT2D eigenvalue weighted by Crippen LogP contribution is -2.26. The van der Waals surface area contributed by atoms with Crippen LogP contribution < -0.4 is 25.4 Å². The molecule has 3 N–H and O–H groups in total. The highest BCUT2D eigenvalue weighted by atomic mass is 16.6. The molecule has 0 bridgehead atoms. The third-order valence-corrected chi connectivity index (χ3v) is 7.69. The molecule has 4 aromatic rings. The van der Waals surface area contributed by atoms with Gasteiger partial charge in [-0.3, -0.25) is 14.6 Å². The van der Waals surface area contributed by atoms with Gasteiger partial charge in [0.25, 0.3) is 11.8 Å². The van der Waals surface area contributed by atoms with E-state index >= 15 is 0 Å². The molecule has 9 heteroatoms. The van der Waals surface area contributed by atoms with Gasteiger partial charge in [0, 0.05) is 52.4 Å². The number of pyridine rings is 1. The molecule has 1 aromatic heterocycles. The molecule has 0 atom stereocenters. The first-order valence-electron chi connectivity index (χ1n) is 14.4. The fraction of sp³-hybridized carbons (Fsp3) is 0.303. The second kappa shape index (κ2) is 12.1. The van der Waals surface area contributed by atoms with Crippen LogP contribution in [0.2, 0.25) is 0 Å². The maximum Gasteiger partial charge on any atom is 0.255 e. The summed E-state index contributed by atoms with van der Waals surface area (Å²) >= 11 is 0. The van der Waals surface area contributed by atoms with Crippen LogP contribution in [-0.2, 0) is 0 Å². The molecule has 0 spiro atoms. The molecule has 2 amide bonds. The quantitative estimate of drug-likeness (QED) is 0.254. The highest BCUT2D eigenvalue weighted by Gasteiger charge is 2.17. The first kappa shape index (κ1) is 27.5. The Morgan fingerprint density at radius 1 is 0.810 bits per heavy atom. The summed E-state index contributed by atoms with van der Waals surface area (Å²) in [6.07, 6.45) is 2.54. The van der Waals surface area contributed by atoms with Crippen molar-refractivity contribution in [3.63, 3.8) is 0 Å². The van der Waals surface area contributed by atoms with Crippen LogP contribution in [0.5, 0.6) is 11.5 Å². The van der Waals surface area contributed by atoms with Gasteiger partial charge in [-0.05, 0) is 99.9 Å². The maximum absolute atomic E-state index is 13.4. The molecule has 2 aliphatic rings. The largest absolute Gasteiger partial charge is 0.486 e. The Morgan fingerprint density at radius 3 is 2.38 bits per heavy atom. The number of benzene rings is 3. The molecule has 6 rings (SSSR count). The van der Waals surface area contributed by atoms with Crippen molar-refractivity contribution in [3.8, 4) is 11.5 Å². The van der Waals surface area contributed by atoms with E-state index < -0.39 is 0 Å². The van der Waals surface area contributed by atoms with E-state index in [0.29, 0.717) is 47.2 Å². The SMILES string of the molecule is Cc1cc(NCCN2CCCC2)c2cc(C(=O)Nc3cc(NC(=O)c4ccc5c(c4)OCCO5)ccc3C)ccc2n1. The summed E-state index contributed by atoms with van der Waals surface area (Å²) in [7, 11) is 0. The Hall–Kier alpha value is -4.63. The van der Waals surface area contributed by atoms with Crippen LogP contribution in [0.1, 0.15) is 44.8 Å². The van der Waals surface area contributed by atoms with E-state index in [1.165, 1.54) is 12.8 Å². The van der Waals surface area contributed by atoms with Gasteiger partial charge >= 0.3 is 0 Å². The molecule has 1 saturated heterocycles. The number of nitrogens with zero attached hydrogens (tertiary/aromatic N) is 2. The summed E-state index contributed by atoms with van der Waals surface area (Å²) in [5.74, 6) is 0.660. The van der Waals surface area contributed by atoms with Crippen molar-refractivity contribution in [2.45, 2.75) is 26.7 Å². The van der Waals surface area contributed by atoms with E-state index in [9.17, 15) is 9.59 Å². The molecule has 1 fully saturated rings. The zero-order chi connectivity index (χ0) is 29.1. The molecular weight excluding hydrogens is 530 g/mol. The standard InChI is InChI=1S/C33H35N5O4/c1-21-5-8-25(36-32(39)24-7-10-30-31(19-24)42-16-15-41-30)20-28(21)37-33(40)23-6-9-27-26(18-23)29(17-22(2)35-27)34-11-14-38-12-3-4-13-38/h5-10,17-20H,3-4,11-16H2,1-2H3,(H,34,35)(H,36,39)(H,37,40). The highest BCUT2D eigenvalue weighted by Crippen LogP contribution is 2.31. The molecule has 2 aliphatic heterocycles. The van der Waals surface area contributed by atoms with Crippen LogP contribution in [-0.4, -0.2) is 61.1 Å². The number of amides is 2. The van der Waals surface area contributed by atoms with Gasteiger partial charge in [0.15, 0.2) is 11.5 Å². The fourth-order valence-corrected chi connectivity index (χ4v) is 5.42. The molecule has 0 unspecified atom stereocenters. The molecule has 3 aromatic carbocycles. The van der Waals surface area contributed by atoms with E-state index in [2.05, 4.69) is 25.8 Å². The number of likely N-dealkylation sites (tertiary alicyclic amines) is 1. The van der Waals surface area contributed by atoms with Gasteiger partial charge < -0.3 is 30.3 Å². The molecule has 9 nitrogen and oxygen atoms in total. The van der Waals surface area contributed by atoms with Crippen molar-refractivity contribution in [3.05, 3.63) is 83.0 Å². The van der Waals surface area contributed by atoms with Crippen molar-refractivity contribution in [1.29, 1.82) is 0 Å². The molecular formula is C33H35N5O4. The predicted molar refractivity (Wildman–Crippen MR) is 165 cm³/mol. The Kier molecular flexibility index (Phi) is 7.92. The fourth-order valence-electron chi connectivity index (χ4n) is 5.42. The van der Waals surface area contributed by atoms with Crippen LogP contribution in [0.4, 0.5) is 17.1 Å². The lowest BCUT2D eigenvalue weighted by molar-refractivity contribution is 0.101. The summed E-state index contributed by atoms with van der Waals surface area (Å²) < 4.78 is 11.1. The lowest BCUT2D eigenvalue weighted by atomic mass is 10.1. The molecule has 42 heavy (non-hydrogen) atoms. The summed E-state index contributed by atoms with van der Waals surface area (Å²) in [6, 6.07) is 18.2. The number of fused-ring (bicyclic) bond motifs is 2. The van der Waals surface area contributed by atoms with Gasteiger partial charge in [0.2, 0.25) is 0 Å². The molecule has 0 radical (unpaired) electrons. The summed E-state index contributed by atoms with van der Waals surface area (Å²) in [6.45, 7) is 8.97. The number of carbonyl (C=O) groups is 2. The van der Waals surface area contributed by atoms with Gasteiger partial charge in [-0.2, -0.15) is 0 Å². The average Bonchev–Trinajstić information content (AvgIpc) is 3.52. The van der Waals surface area contributed by atoms with E-state index in [1.54, 1.807) is 30.3 Å². The first-order chi connectivity index (χ1) is 20.4. The average molecular weight is 566 g/mol. The lowest BCUT2D eigenvalue weighted by Gasteiger charge is -2.18. The van der Waals surface area contributed by atoms with Crippen LogP contribution in [0.3, 0.4) is 0 Å². The minimum atomic E-state index is -0.282. The van der Waals surface area contributed by atoms with Crippen molar-refractivity contribution in [2.24, 2.45) is 0 Å². The molecule has 3 heterocycles. The van der Waals surface area contributed by atoms with Crippen LogP contribution >= 0.6 is 0 Å². The van der Waals surface area contributed by atoms with Gasteiger partial charge in [0.1, 0.15) is 13.2 Å². The number of rotatable bonds is 8. The number of hydrogen-bond acceptors (Lipinski definition) is 7. The third-order valence-electron chi connectivity index (χ3n) is 7.69. The Morgan fingerprint density at radius 2 is 1.55 bits per heavy atom. The first-order valence-corrected chi connectivity index (χ1v) is 14.4. The smallest absolute Gasteiger partial charge is 0.255 e. The van der Waals surface area contributed by atoms with Crippen molar-refractivity contribution in [2.75, 3.05) is 55.3 Å². The molecule has 0 saturated carbocycles. The summed E-state index contributed by atoms with van der Waals surface area (Å²) in [4.78, 5) is 33.5. The number of aryl methyl sites for hydroxylation is 2. The van der Waals surface area contributed by atoms with Gasteiger partial charge in [-0.25, -0.2) is 0 Å². The normalized spacial score (nSPS) is 14.5. The number of carbonyl (C=O) groups excluding carboxylic acids is 2. The maximum atomic E-state index is 13.4. The second-order valence-corrected chi connectivity index (χ2v) is 10.8. The Labute approximate surface area is 245 Å². The molecule has 216 valence electrons. The predicted octanol–water partition coefficient (Wildman–Crippen LogP) is 5.64. The monoisotopic (exact) mass is 565 g/mol. The van der Waals surface area contributed by atoms with E-state index in [1.807, 2.05) is 44.2 Å². The minimum absolute atomic E-state index is 0.237. The molecule has 0 aliphatic carbocycles.